The van der Waals surface area contributed by atoms with E-state index >= 15 is 0 Å². The molecule has 0 bridgehead atoms. The van der Waals surface area contributed by atoms with Crippen LogP contribution in [0, 0.1) is 0 Å². The van der Waals surface area contributed by atoms with Gasteiger partial charge in [0.15, 0.2) is 11.5 Å². The highest BCUT2D eigenvalue weighted by molar-refractivity contribution is 5.95. The Balaban J connectivity index is 2.17. The number of phenolic OH excluding ortho intramolecular Hbond substituents is 1. The predicted octanol–water partition coefficient (Wildman–Crippen LogP) is 0.574. The molecule has 1 saturated heterocycles. The molecule has 17 heavy (non-hydrogen) atoms. The molecular formula is C12H16N2O3. The van der Waals surface area contributed by atoms with E-state index in [4.69, 9.17) is 10.5 Å². The van der Waals surface area contributed by atoms with Crippen molar-refractivity contribution in [1.29, 1.82) is 0 Å². The number of phenols is 1. The van der Waals surface area contributed by atoms with Gasteiger partial charge < -0.3 is 20.5 Å². The molecule has 3 N–H and O–H groups in total. The highest BCUT2D eigenvalue weighted by Gasteiger charge is 2.24. The lowest BCUT2D eigenvalue weighted by Gasteiger charge is -2.16. The molecule has 0 saturated carbocycles. The topological polar surface area (TPSA) is 75.8 Å². The smallest absolute Gasteiger partial charge is 0.254 e. The third-order valence-corrected chi connectivity index (χ3v) is 2.94. The fourth-order valence-corrected chi connectivity index (χ4v) is 1.98. The molecule has 1 aliphatic heterocycles. The van der Waals surface area contributed by atoms with Crippen molar-refractivity contribution in [3.8, 4) is 11.5 Å². The van der Waals surface area contributed by atoms with Gasteiger partial charge in [0.1, 0.15) is 0 Å². The van der Waals surface area contributed by atoms with Crippen molar-refractivity contribution < 1.29 is 14.6 Å². The molecule has 1 heterocycles. The summed E-state index contributed by atoms with van der Waals surface area (Å²) in [6.45, 7) is 1.25. The molecular weight excluding hydrogens is 220 g/mol. The summed E-state index contributed by atoms with van der Waals surface area (Å²) in [6, 6.07) is 4.71. The first-order valence-corrected chi connectivity index (χ1v) is 5.53. The maximum absolute atomic E-state index is 12.1. The summed E-state index contributed by atoms with van der Waals surface area (Å²) in [7, 11) is 1.47. The van der Waals surface area contributed by atoms with E-state index in [1.54, 1.807) is 17.0 Å². The number of hydrogen-bond acceptors (Lipinski definition) is 4. The molecule has 5 heteroatoms. The van der Waals surface area contributed by atoms with E-state index in [1.165, 1.54) is 13.2 Å². The second kappa shape index (κ2) is 4.63. The molecule has 92 valence electrons. The van der Waals surface area contributed by atoms with Crippen molar-refractivity contribution in [3.05, 3.63) is 23.8 Å². The van der Waals surface area contributed by atoms with Crippen LogP contribution in [-0.2, 0) is 0 Å². The number of likely N-dealkylation sites (tertiary alicyclic amines) is 1. The average molecular weight is 236 g/mol. The zero-order valence-corrected chi connectivity index (χ0v) is 9.72. The summed E-state index contributed by atoms with van der Waals surface area (Å²) in [5.41, 5.74) is 6.21. The molecule has 0 aliphatic carbocycles. The Morgan fingerprint density at radius 2 is 2.35 bits per heavy atom. The molecule has 1 atom stereocenters. The number of carbonyl (C=O) groups is 1. The van der Waals surface area contributed by atoms with Crippen LogP contribution in [0.5, 0.6) is 11.5 Å². The molecule has 0 spiro atoms. The number of carbonyl (C=O) groups excluding carboxylic acids is 1. The van der Waals surface area contributed by atoms with Gasteiger partial charge in [-0.25, -0.2) is 0 Å². The summed E-state index contributed by atoms with van der Waals surface area (Å²) >= 11 is 0. The first-order valence-electron chi connectivity index (χ1n) is 5.53. The van der Waals surface area contributed by atoms with Crippen molar-refractivity contribution >= 4 is 5.91 Å². The van der Waals surface area contributed by atoms with E-state index in [1.807, 2.05) is 0 Å². The van der Waals surface area contributed by atoms with E-state index in [2.05, 4.69) is 0 Å². The number of hydrogen-bond donors (Lipinski definition) is 2. The number of nitrogens with two attached hydrogens (primary N) is 1. The zero-order valence-electron chi connectivity index (χ0n) is 9.72. The maximum atomic E-state index is 12.1. The first-order chi connectivity index (χ1) is 8.11. The highest BCUT2D eigenvalue weighted by atomic mass is 16.5. The van der Waals surface area contributed by atoms with Crippen LogP contribution in [0.3, 0.4) is 0 Å². The second-order valence-electron chi connectivity index (χ2n) is 4.19. The Morgan fingerprint density at radius 1 is 1.59 bits per heavy atom. The van der Waals surface area contributed by atoms with E-state index in [9.17, 15) is 9.90 Å². The van der Waals surface area contributed by atoms with Crippen LogP contribution in [0.1, 0.15) is 16.8 Å². The molecule has 1 amide bonds. The monoisotopic (exact) mass is 236 g/mol. The van der Waals surface area contributed by atoms with Crippen LogP contribution in [0.2, 0.25) is 0 Å². The third-order valence-electron chi connectivity index (χ3n) is 2.94. The van der Waals surface area contributed by atoms with Gasteiger partial charge >= 0.3 is 0 Å². The van der Waals surface area contributed by atoms with Gasteiger partial charge in [0.05, 0.1) is 7.11 Å². The van der Waals surface area contributed by atoms with Crippen LogP contribution >= 0.6 is 0 Å². The van der Waals surface area contributed by atoms with Crippen LogP contribution in [-0.4, -0.2) is 42.2 Å². The summed E-state index contributed by atoms with van der Waals surface area (Å²) in [4.78, 5) is 13.8. The highest BCUT2D eigenvalue weighted by Crippen LogP contribution is 2.27. The third kappa shape index (κ3) is 2.34. The maximum Gasteiger partial charge on any atom is 0.254 e. The Labute approximate surface area is 99.8 Å². The molecule has 5 nitrogen and oxygen atoms in total. The number of rotatable bonds is 2. The number of nitrogens with zero attached hydrogens (tertiary/aromatic N) is 1. The number of amides is 1. The van der Waals surface area contributed by atoms with Gasteiger partial charge in [-0.2, -0.15) is 0 Å². The van der Waals surface area contributed by atoms with E-state index in [0.29, 0.717) is 24.4 Å². The number of ether oxygens (including phenoxy) is 1. The van der Waals surface area contributed by atoms with E-state index in [-0.39, 0.29) is 17.7 Å². The molecule has 1 aliphatic rings. The Morgan fingerprint density at radius 3 is 2.88 bits per heavy atom. The minimum atomic E-state index is -0.101. The van der Waals surface area contributed by atoms with Crippen molar-refractivity contribution in [2.75, 3.05) is 20.2 Å². The molecule has 1 fully saturated rings. The lowest BCUT2D eigenvalue weighted by Crippen LogP contribution is -2.31. The number of aromatic hydroxyl groups is 1. The average Bonchev–Trinajstić information content (AvgIpc) is 2.75. The van der Waals surface area contributed by atoms with Gasteiger partial charge in [0.25, 0.3) is 5.91 Å². The van der Waals surface area contributed by atoms with E-state index < -0.39 is 0 Å². The minimum absolute atomic E-state index is 0.0261. The van der Waals surface area contributed by atoms with Gasteiger partial charge in [-0.05, 0) is 24.6 Å². The largest absolute Gasteiger partial charge is 0.504 e. The Bertz CT molecular complexity index is 434. The van der Waals surface area contributed by atoms with Crippen molar-refractivity contribution in [3.63, 3.8) is 0 Å². The standard InChI is InChI=1S/C12H16N2O3/c1-17-11-3-2-8(6-10(11)15)12(16)14-5-4-9(13)7-14/h2-3,6,9,15H,4-5,7,13H2,1H3/t9-/m0/s1. The lowest BCUT2D eigenvalue weighted by molar-refractivity contribution is 0.0790. The van der Waals surface area contributed by atoms with Gasteiger partial charge in [0.2, 0.25) is 0 Å². The fourth-order valence-electron chi connectivity index (χ4n) is 1.98. The van der Waals surface area contributed by atoms with Gasteiger partial charge in [-0.15, -0.1) is 0 Å². The van der Waals surface area contributed by atoms with Gasteiger partial charge in [-0.1, -0.05) is 0 Å². The lowest BCUT2D eigenvalue weighted by atomic mass is 10.2. The summed E-state index contributed by atoms with van der Waals surface area (Å²) < 4.78 is 4.93. The van der Waals surface area contributed by atoms with Crippen LogP contribution in [0.25, 0.3) is 0 Å². The van der Waals surface area contributed by atoms with Crippen LogP contribution < -0.4 is 10.5 Å². The summed E-state index contributed by atoms with van der Waals surface area (Å²) in [6.07, 6.45) is 0.827. The van der Waals surface area contributed by atoms with Crippen molar-refractivity contribution in [2.45, 2.75) is 12.5 Å². The Hall–Kier alpha value is -1.75. The molecule has 1 aromatic rings. The van der Waals surface area contributed by atoms with Crippen molar-refractivity contribution in [1.82, 2.24) is 4.90 Å². The van der Waals surface area contributed by atoms with Gasteiger partial charge in [-0.3, -0.25) is 4.79 Å². The summed E-state index contributed by atoms with van der Waals surface area (Å²) in [5.74, 6) is 0.234. The van der Waals surface area contributed by atoms with Gasteiger partial charge in [0, 0.05) is 24.7 Å². The molecule has 0 unspecified atom stereocenters. The number of benzene rings is 1. The molecule has 1 aromatic carbocycles. The molecule has 0 aromatic heterocycles. The summed E-state index contributed by atoms with van der Waals surface area (Å²) in [5, 5.41) is 9.61. The fraction of sp³-hybridized carbons (Fsp3) is 0.417. The number of methoxy groups -OCH3 is 1. The predicted molar refractivity (Wildman–Crippen MR) is 63.2 cm³/mol. The second-order valence-corrected chi connectivity index (χ2v) is 4.19. The molecule has 0 radical (unpaired) electrons. The van der Waals surface area contributed by atoms with Crippen LogP contribution in [0.15, 0.2) is 18.2 Å². The Kier molecular flexibility index (Phi) is 3.19. The zero-order chi connectivity index (χ0) is 12.4. The first kappa shape index (κ1) is 11.7. The SMILES string of the molecule is COc1ccc(C(=O)N2CC[C@H](N)C2)cc1O. The minimum Gasteiger partial charge on any atom is -0.504 e. The van der Waals surface area contributed by atoms with Crippen molar-refractivity contribution in [2.24, 2.45) is 5.73 Å². The van der Waals surface area contributed by atoms with E-state index in [0.717, 1.165) is 6.42 Å². The van der Waals surface area contributed by atoms with Crippen LogP contribution in [0.4, 0.5) is 0 Å². The normalized spacial score (nSPS) is 19.4. The quantitative estimate of drug-likeness (QED) is 0.787. The molecule has 2 rings (SSSR count).